The van der Waals surface area contributed by atoms with Gasteiger partial charge >= 0.3 is 5.97 Å². The molecule has 3 aromatic rings. The number of hydrogen-bond donors (Lipinski definition) is 1. The Bertz CT molecular complexity index is 1330. The lowest BCUT2D eigenvalue weighted by Crippen LogP contribution is -2.40. The fourth-order valence-electron chi connectivity index (χ4n) is 3.47. The van der Waals surface area contributed by atoms with E-state index in [4.69, 9.17) is 9.47 Å². The molecule has 1 N–H and O–H groups in total. The highest BCUT2D eigenvalue weighted by molar-refractivity contribution is 7.89. The number of anilines is 1. The van der Waals surface area contributed by atoms with Gasteiger partial charge in [-0.3, -0.25) is 9.78 Å². The fraction of sp³-hybridized carbons (Fsp3) is 0.208. The van der Waals surface area contributed by atoms with Crippen LogP contribution in [-0.4, -0.2) is 62.5 Å². The maximum Gasteiger partial charge on any atom is 0.331 e. The SMILES string of the molecule is O=C(COC(=O)/C=C/c1cccc2cccnc12)Nc1cccc(S(=O)(=O)N2CCOCC2)c1. The van der Waals surface area contributed by atoms with Crippen LogP contribution >= 0.6 is 0 Å². The van der Waals surface area contributed by atoms with E-state index in [1.165, 1.54) is 28.6 Å². The molecule has 0 radical (unpaired) electrons. The number of morpholine rings is 1. The number of rotatable bonds is 7. The van der Waals surface area contributed by atoms with Gasteiger partial charge in [0.25, 0.3) is 5.91 Å². The number of amides is 1. The molecule has 0 atom stereocenters. The number of fused-ring (bicyclic) bond motifs is 1. The molecular formula is C24H23N3O6S. The summed E-state index contributed by atoms with van der Waals surface area (Å²) in [6, 6.07) is 15.3. The van der Waals surface area contributed by atoms with Crippen LogP contribution in [0.1, 0.15) is 5.56 Å². The Balaban J connectivity index is 1.34. The quantitative estimate of drug-likeness (QED) is 0.407. The first-order valence-electron chi connectivity index (χ1n) is 10.6. The number of aromatic nitrogens is 1. The highest BCUT2D eigenvalue weighted by Crippen LogP contribution is 2.21. The average molecular weight is 482 g/mol. The smallest absolute Gasteiger partial charge is 0.331 e. The van der Waals surface area contributed by atoms with Gasteiger partial charge in [-0.25, -0.2) is 13.2 Å². The third-order valence-corrected chi connectivity index (χ3v) is 7.03. The summed E-state index contributed by atoms with van der Waals surface area (Å²) < 4.78 is 37.1. The van der Waals surface area contributed by atoms with E-state index in [0.29, 0.717) is 13.2 Å². The van der Waals surface area contributed by atoms with Crippen LogP contribution in [0.4, 0.5) is 5.69 Å². The molecule has 0 saturated carbocycles. The third kappa shape index (κ3) is 5.66. The van der Waals surface area contributed by atoms with Crippen LogP contribution in [0.2, 0.25) is 0 Å². The van der Waals surface area contributed by atoms with E-state index < -0.39 is 28.5 Å². The van der Waals surface area contributed by atoms with E-state index >= 15 is 0 Å². The predicted octanol–water partition coefficient (Wildman–Crippen LogP) is 2.45. The van der Waals surface area contributed by atoms with Crippen molar-refractivity contribution in [1.29, 1.82) is 0 Å². The van der Waals surface area contributed by atoms with Crippen molar-refractivity contribution in [2.45, 2.75) is 4.90 Å². The lowest BCUT2D eigenvalue weighted by atomic mass is 10.1. The van der Waals surface area contributed by atoms with Gasteiger partial charge in [-0.2, -0.15) is 4.31 Å². The number of carbonyl (C=O) groups is 2. The third-order valence-electron chi connectivity index (χ3n) is 5.13. The Morgan fingerprint density at radius 2 is 1.85 bits per heavy atom. The molecule has 0 spiro atoms. The van der Waals surface area contributed by atoms with Gasteiger partial charge in [-0.15, -0.1) is 0 Å². The normalized spacial score (nSPS) is 14.8. The van der Waals surface area contributed by atoms with Crippen LogP contribution in [0.3, 0.4) is 0 Å². The van der Waals surface area contributed by atoms with E-state index in [9.17, 15) is 18.0 Å². The molecule has 1 aromatic heterocycles. The summed E-state index contributed by atoms with van der Waals surface area (Å²) in [4.78, 5) is 28.7. The number of nitrogens with one attached hydrogen (secondary N) is 1. The second-order valence-corrected chi connectivity index (χ2v) is 9.39. The number of para-hydroxylation sites is 1. The molecule has 2 aromatic carbocycles. The number of pyridine rings is 1. The second-order valence-electron chi connectivity index (χ2n) is 7.46. The van der Waals surface area contributed by atoms with Crippen LogP contribution in [0.25, 0.3) is 17.0 Å². The zero-order chi connectivity index (χ0) is 24.0. The Kier molecular flexibility index (Phi) is 7.31. The van der Waals surface area contributed by atoms with Gasteiger partial charge < -0.3 is 14.8 Å². The van der Waals surface area contributed by atoms with Gasteiger partial charge in [0.1, 0.15) is 0 Å². The molecule has 1 aliphatic heterocycles. The van der Waals surface area contributed by atoms with Crippen molar-refractivity contribution in [1.82, 2.24) is 9.29 Å². The highest BCUT2D eigenvalue weighted by Gasteiger charge is 2.26. The van der Waals surface area contributed by atoms with E-state index in [1.807, 2.05) is 30.3 Å². The van der Waals surface area contributed by atoms with Crippen molar-refractivity contribution >= 4 is 44.6 Å². The van der Waals surface area contributed by atoms with Crippen molar-refractivity contribution in [3.63, 3.8) is 0 Å². The Hall–Kier alpha value is -3.60. The second kappa shape index (κ2) is 10.6. The molecule has 9 nitrogen and oxygen atoms in total. The summed E-state index contributed by atoms with van der Waals surface area (Å²) >= 11 is 0. The van der Waals surface area contributed by atoms with Crippen molar-refractivity contribution in [3.05, 3.63) is 72.4 Å². The Morgan fingerprint density at radius 1 is 1.09 bits per heavy atom. The minimum Gasteiger partial charge on any atom is -0.452 e. The van der Waals surface area contributed by atoms with Gasteiger partial charge in [0.05, 0.1) is 23.6 Å². The minimum absolute atomic E-state index is 0.0656. The summed E-state index contributed by atoms with van der Waals surface area (Å²) in [5, 5.41) is 3.49. The first kappa shape index (κ1) is 23.6. The van der Waals surface area contributed by atoms with Crippen molar-refractivity contribution in [2.24, 2.45) is 0 Å². The van der Waals surface area contributed by atoms with Crippen molar-refractivity contribution in [3.8, 4) is 0 Å². The van der Waals surface area contributed by atoms with Crippen LogP contribution in [-0.2, 0) is 29.1 Å². The fourth-order valence-corrected chi connectivity index (χ4v) is 4.93. The number of hydrogen-bond acceptors (Lipinski definition) is 7. The number of benzene rings is 2. The van der Waals surface area contributed by atoms with Gasteiger partial charge in [0.15, 0.2) is 6.61 Å². The number of ether oxygens (including phenoxy) is 2. The monoisotopic (exact) mass is 481 g/mol. The zero-order valence-electron chi connectivity index (χ0n) is 18.2. The summed E-state index contributed by atoms with van der Waals surface area (Å²) in [5.74, 6) is -1.28. The maximum absolute atomic E-state index is 12.8. The molecule has 1 saturated heterocycles. The lowest BCUT2D eigenvalue weighted by molar-refractivity contribution is -0.142. The molecule has 34 heavy (non-hydrogen) atoms. The average Bonchev–Trinajstić information content (AvgIpc) is 2.87. The molecule has 1 aliphatic rings. The minimum atomic E-state index is -3.69. The van der Waals surface area contributed by atoms with Gasteiger partial charge in [-0.05, 0) is 30.3 Å². The molecular weight excluding hydrogens is 458 g/mol. The van der Waals surface area contributed by atoms with Crippen LogP contribution < -0.4 is 5.32 Å². The summed E-state index contributed by atoms with van der Waals surface area (Å²) in [5.41, 5.74) is 1.78. The van der Waals surface area contributed by atoms with Crippen molar-refractivity contribution in [2.75, 3.05) is 38.2 Å². The van der Waals surface area contributed by atoms with E-state index in [-0.39, 0.29) is 23.7 Å². The molecule has 0 aliphatic carbocycles. The Labute approximate surface area is 197 Å². The Morgan fingerprint density at radius 3 is 2.68 bits per heavy atom. The van der Waals surface area contributed by atoms with Gasteiger partial charge in [-0.1, -0.05) is 30.3 Å². The number of sulfonamides is 1. The first-order chi connectivity index (χ1) is 16.4. The van der Waals surface area contributed by atoms with E-state index in [2.05, 4.69) is 10.3 Å². The first-order valence-corrected chi connectivity index (χ1v) is 12.0. The summed E-state index contributed by atoms with van der Waals surface area (Å²) in [7, 11) is -3.69. The molecule has 1 amide bonds. The highest BCUT2D eigenvalue weighted by atomic mass is 32.2. The topological polar surface area (TPSA) is 115 Å². The van der Waals surface area contributed by atoms with Crippen LogP contribution in [0, 0.1) is 0 Å². The standard InChI is InChI=1S/C24H23N3O6S/c28-22(17-33-23(29)10-9-19-5-1-4-18-6-3-11-25-24(18)19)26-20-7-2-8-21(16-20)34(30,31)27-12-14-32-15-13-27/h1-11,16H,12-15,17H2,(H,26,28)/b10-9+. The summed E-state index contributed by atoms with van der Waals surface area (Å²) in [6.07, 6.45) is 4.48. The predicted molar refractivity (Wildman–Crippen MR) is 126 cm³/mol. The van der Waals surface area contributed by atoms with Gasteiger partial charge in [0, 0.05) is 42.0 Å². The maximum atomic E-state index is 12.8. The van der Waals surface area contributed by atoms with Crippen LogP contribution in [0.5, 0.6) is 0 Å². The van der Waals surface area contributed by atoms with E-state index in [1.54, 1.807) is 18.3 Å². The van der Waals surface area contributed by atoms with Crippen LogP contribution in [0.15, 0.2) is 71.8 Å². The molecule has 0 unspecified atom stereocenters. The lowest BCUT2D eigenvalue weighted by Gasteiger charge is -2.26. The van der Waals surface area contributed by atoms with Gasteiger partial charge in [0.2, 0.25) is 10.0 Å². The number of esters is 1. The molecule has 1 fully saturated rings. The number of carbonyl (C=O) groups excluding carboxylic acids is 2. The molecule has 176 valence electrons. The molecule has 4 rings (SSSR count). The molecule has 10 heteroatoms. The van der Waals surface area contributed by atoms with E-state index in [0.717, 1.165) is 16.5 Å². The molecule has 0 bridgehead atoms. The molecule has 2 heterocycles. The van der Waals surface area contributed by atoms with Crippen molar-refractivity contribution < 1.29 is 27.5 Å². The largest absolute Gasteiger partial charge is 0.452 e. The summed E-state index contributed by atoms with van der Waals surface area (Å²) in [6.45, 7) is 0.713. The zero-order valence-corrected chi connectivity index (χ0v) is 19.0. The number of nitrogens with zero attached hydrogens (tertiary/aromatic N) is 2.